The molecule has 182 valence electrons. The number of imide groups is 1. The van der Waals surface area contributed by atoms with Crippen LogP contribution in [-0.2, 0) is 20.9 Å². The van der Waals surface area contributed by atoms with E-state index in [1.54, 1.807) is 12.3 Å². The number of amides is 3. The van der Waals surface area contributed by atoms with Crippen molar-refractivity contribution in [3.63, 3.8) is 0 Å². The highest BCUT2D eigenvalue weighted by Gasteiger charge is 2.35. The number of nitrogens with zero attached hydrogens (tertiary/aromatic N) is 1. The van der Waals surface area contributed by atoms with E-state index in [1.807, 2.05) is 47.2 Å². The van der Waals surface area contributed by atoms with Crippen molar-refractivity contribution in [3.05, 3.63) is 66.0 Å². The second-order valence-electron chi connectivity index (χ2n) is 8.46. The van der Waals surface area contributed by atoms with Gasteiger partial charge in [-0.2, -0.15) is 0 Å². The third-order valence-corrected chi connectivity index (χ3v) is 6.88. The van der Waals surface area contributed by atoms with Crippen molar-refractivity contribution < 1.29 is 14.4 Å². The Morgan fingerprint density at radius 3 is 2.58 bits per heavy atom. The van der Waals surface area contributed by atoms with Gasteiger partial charge in [0.15, 0.2) is 5.17 Å². The number of benzene rings is 2. The summed E-state index contributed by atoms with van der Waals surface area (Å²) in [7, 11) is 0. The standard InChI is InChI=1S/C26H24N6O3S/c1-14(33)30-19-8-4-9-20-21(19)17(13-32(20)10-5-11-36-26(27)28)23-22(24(34)31-25(23)35)16-12-29-18-7-3-2-6-15(16)18/h2-4,6-9,12-13,29H,5,10-11H2,1H3,(H3,27,28)(H,30,33)(H,31,34,35). The smallest absolute Gasteiger partial charge is 0.259 e. The van der Waals surface area contributed by atoms with Gasteiger partial charge >= 0.3 is 0 Å². The number of para-hydroxylation sites is 1. The van der Waals surface area contributed by atoms with Crippen LogP contribution in [-0.4, -0.2) is 38.2 Å². The Balaban J connectivity index is 1.73. The summed E-state index contributed by atoms with van der Waals surface area (Å²) in [6.07, 6.45) is 4.33. The number of aromatic nitrogens is 2. The normalized spacial score (nSPS) is 13.6. The van der Waals surface area contributed by atoms with Crippen LogP contribution in [0.2, 0.25) is 0 Å². The predicted molar refractivity (Wildman–Crippen MR) is 143 cm³/mol. The van der Waals surface area contributed by atoms with Crippen LogP contribution in [0.3, 0.4) is 0 Å². The van der Waals surface area contributed by atoms with E-state index < -0.39 is 11.8 Å². The Morgan fingerprint density at radius 1 is 1.08 bits per heavy atom. The minimum atomic E-state index is -0.482. The number of nitrogens with one attached hydrogen (secondary N) is 4. The van der Waals surface area contributed by atoms with Crippen LogP contribution in [0, 0.1) is 5.41 Å². The van der Waals surface area contributed by atoms with Gasteiger partial charge in [-0.3, -0.25) is 25.1 Å². The molecule has 0 saturated carbocycles. The molecule has 2 aromatic carbocycles. The van der Waals surface area contributed by atoms with Gasteiger partial charge in [0.2, 0.25) is 5.91 Å². The average molecular weight is 501 g/mol. The van der Waals surface area contributed by atoms with Gasteiger partial charge in [0.1, 0.15) is 0 Å². The molecule has 36 heavy (non-hydrogen) atoms. The zero-order chi connectivity index (χ0) is 25.4. The van der Waals surface area contributed by atoms with Crippen LogP contribution in [0.25, 0.3) is 33.0 Å². The number of hydrogen-bond acceptors (Lipinski definition) is 5. The molecule has 0 unspecified atom stereocenters. The zero-order valence-electron chi connectivity index (χ0n) is 19.5. The van der Waals surface area contributed by atoms with Gasteiger partial charge in [0.25, 0.3) is 11.8 Å². The fraction of sp³-hybridized carbons (Fsp3) is 0.154. The van der Waals surface area contributed by atoms with E-state index in [1.165, 1.54) is 18.7 Å². The Labute approximate surface area is 210 Å². The second-order valence-corrected chi connectivity index (χ2v) is 9.60. The average Bonchev–Trinajstić information content (AvgIpc) is 3.49. The third-order valence-electron chi connectivity index (χ3n) is 6.08. The maximum atomic E-state index is 13.2. The van der Waals surface area contributed by atoms with E-state index in [0.717, 1.165) is 22.8 Å². The summed E-state index contributed by atoms with van der Waals surface area (Å²) < 4.78 is 2.01. The quantitative estimate of drug-likeness (QED) is 0.114. The van der Waals surface area contributed by atoms with E-state index in [-0.39, 0.29) is 16.6 Å². The Morgan fingerprint density at radius 2 is 1.83 bits per heavy atom. The van der Waals surface area contributed by atoms with Crippen molar-refractivity contribution in [2.45, 2.75) is 19.9 Å². The molecular weight excluding hydrogens is 476 g/mol. The van der Waals surface area contributed by atoms with E-state index in [2.05, 4.69) is 15.6 Å². The van der Waals surface area contributed by atoms with Crippen LogP contribution in [0.15, 0.2) is 54.9 Å². The first kappa shape index (κ1) is 23.4. The highest BCUT2D eigenvalue weighted by Crippen LogP contribution is 2.40. The lowest BCUT2D eigenvalue weighted by molar-refractivity contribution is -0.122. The van der Waals surface area contributed by atoms with Gasteiger partial charge in [-0.15, -0.1) is 0 Å². The maximum Gasteiger partial charge on any atom is 0.259 e. The highest BCUT2D eigenvalue weighted by molar-refractivity contribution is 8.13. The van der Waals surface area contributed by atoms with Gasteiger partial charge in [0, 0.05) is 59.0 Å². The second kappa shape index (κ2) is 9.38. The van der Waals surface area contributed by atoms with E-state index in [9.17, 15) is 14.4 Å². The van der Waals surface area contributed by atoms with Crippen molar-refractivity contribution in [3.8, 4) is 0 Å². The number of fused-ring (bicyclic) bond motifs is 2. The molecule has 0 radical (unpaired) electrons. The largest absolute Gasteiger partial charge is 0.379 e. The lowest BCUT2D eigenvalue weighted by Crippen LogP contribution is -2.22. The molecule has 9 nitrogen and oxygen atoms in total. The van der Waals surface area contributed by atoms with Crippen molar-refractivity contribution in [2.75, 3.05) is 11.1 Å². The summed E-state index contributed by atoms with van der Waals surface area (Å²) in [5, 5.41) is 14.3. The van der Waals surface area contributed by atoms with Crippen molar-refractivity contribution in [1.82, 2.24) is 14.9 Å². The molecule has 1 aliphatic rings. The van der Waals surface area contributed by atoms with Crippen molar-refractivity contribution in [1.29, 1.82) is 5.41 Å². The van der Waals surface area contributed by atoms with Gasteiger partial charge in [0.05, 0.1) is 22.4 Å². The highest BCUT2D eigenvalue weighted by atomic mass is 32.2. The number of thioether (sulfide) groups is 1. The molecule has 0 spiro atoms. The lowest BCUT2D eigenvalue weighted by Gasteiger charge is -2.08. The fourth-order valence-corrected chi connectivity index (χ4v) is 5.18. The van der Waals surface area contributed by atoms with Gasteiger partial charge in [-0.25, -0.2) is 0 Å². The monoisotopic (exact) mass is 500 g/mol. The Bertz CT molecular complexity index is 1600. The van der Waals surface area contributed by atoms with Gasteiger partial charge in [-0.1, -0.05) is 36.0 Å². The van der Waals surface area contributed by atoms with Crippen molar-refractivity contribution >= 4 is 73.3 Å². The van der Waals surface area contributed by atoms with Crippen LogP contribution < -0.4 is 16.4 Å². The van der Waals surface area contributed by atoms with Crippen LogP contribution >= 0.6 is 11.8 Å². The number of aromatic amines is 1. The summed E-state index contributed by atoms with van der Waals surface area (Å²) in [4.78, 5) is 41.4. The minimum absolute atomic E-state index is 0.0654. The molecule has 0 fully saturated rings. The van der Waals surface area contributed by atoms with E-state index in [0.29, 0.717) is 40.1 Å². The SMILES string of the molecule is CC(=O)Nc1cccc2c1c(C1=C(c3c[nH]c4ccccc34)C(=O)NC1=O)cn2CCCSC(=N)N. The van der Waals surface area contributed by atoms with Crippen molar-refractivity contribution in [2.24, 2.45) is 5.73 Å². The zero-order valence-corrected chi connectivity index (χ0v) is 20.3. The van der Waals surface area contributed by atoms with Crippen LogP contribution in [0.5, 0.6) is 0 Å². The number of carbonyl (C=O) groups excluding carboxylic acids is 3. The summed E-state index contributed by atoms with van der Waals surface area (Å²) in [5.74, 6) is -0.519. The summed E-state index contributed by atoms with van der Waals surface area (Å²) >= 11 is 1.27. The van der Waals surface area contributed by atoms with Gasteiger partial charge in [-0.05, 0) is 24.6 Å². The minimum Gasteiger partial charge on any atom is -0.379 e. The fourth-order valence-electron chi connectivity index (χ4n) is 4.69. The first-order valence-electron chi connectivity index (χ1n) is 11.4. The molecular formula is C26H24N6O3S. The number of carbonyl (C=O) groups is 3. The maximum absolute atomic E-state index is 13.2. The number of nitrogens with two attached hydrogens (primary N) is 1. The molecule has 3 amide bonds. The number of rotatable bonds is 7. The first-order valence-corrected chi connectivity index (χ1v) is 12.4. The third kappa shape index (κ3) is 4.16. The molecule has 0 saturated heterocycles. The first-order chi connectivity index (χ1) is 17.3. The molecule has 0 aliphatic carbocycles. The molecule has 3 heterocycles. The van der Waals surface area contributed by atoms with Gasteiger partial charge < -0.3 is 20.6 Å². The molecule has 0 bridgehead atoms. The molecule has 6 N–H and O–H groups in total. The summed E-state index contributed by atoms with van der Waals surface area (Å²) in [5.41, 5.74) is 9.46. The predicted octanol–water partition coefficient (Wildman–Crippen LogP) is 3.66. The lowest BCUT2D eigenvalue weighted by atomic mass is 9.95. The molecule has 10 heteroatoms. The van der Waals surface area contributed by atoms with E-state index >= 15 is 0 Å². The number of amidine groups is 1. The van der Waals surface area contributed by atoms with Crippen LogP contribution in [0.4, 0.5) is 5.69 Å². The number of H-pyrrole nitrogens is 1. The summed E-state index contributed by atoms with van der Waals surface area (Å²) in [6, 6.07) is 13.1. The van der Waals surface area contributed by atoms with E-state index in [4.69, 9.17) is 11.1 Å². The Kier molecular flexibility index (Phi) is 6.11. The molecule has 2 aromatic heterocycles. The molecule has 4 aromatic rings. The molecule has 0 atom stereocenters. The number of hydrogen-bond donors (Lipinski definition) is 5. The molecule has 1 aliphatic heterocycles. The topological polar surface area (TPSA) is 146 Å². The number of anilines is 1. The summed E-state index contributed by atoms with van der Waals surface area (Å²) in [6.45, 7) is 2.03. The molecule has 5 rings (SSSR count). The Hall–Kier alpha value is -4.31. The van der Waals surface area contributed by atoms with Crippen LogP contribution in [0.1, 0.15) is 24.5 Å². The number of aryl methyl sites for hydroxylation is 1.